The number of amides is 1. The molecule has 0 unspecified atom stereocenters. The Balaban J connectivity index is 0.00000158. The van der Waals surface area contributed by atoms with Gasteiger partial charge in [0.05, 0.1) is 12.6 Å². The summed E-state index contributed by atoms with van der Waals surface area (Å²) < 4.78 is 8.04. The highest BCUT2D eigenvalue weighted by atomic mass is 32.1. The van der Waals surface area contributed by atoms with Gasteiger partial charge in [-0.2, -0.15) is 0 Å². The Hall–Kier alpha value is -4.36. The molecule has 11 nitrogen and oxygen atoms in total. The van der Waals surface area contributed by atoms with Crippen molar-refractivity contribution in [1.29, 1.82) is 0 Å². The highest BCUT2D eigenvalue weighted by Crippen LogP contribution is 2.31. The number of pyridine rings is 1. The van der Waals surface area contributed by atoms with Crippen LogP contribution in [0.15, 0.2) is 53.7 Å². The molecule has 1 aliphatic heterocycles. The first-order valence-electron chi connectivity index (χ1n) is 12.7. The van der Waals surface area contributed by atoms with E-state index in [1.165, 1.54) is 33.6 Å². The van der Waals surface area contributed by atoms with E-state index in [2.05, 4.69) is 30.8 Å². The second-order valence-electron chi connectivity index (χ2n) is 8.75. The number of ether oxygens (including phenoxy) is 1. The van der Waals surface area contributed by atoms with Crippen molar-refractivity contribution in [2.45, 2.75) is 39.9 Å². The van der Waals surface area contributed by atoms with Gasteiger partial charge in [0, 0.05) is 26.7 Å². The van der Waals surface area contributed by atoms with E-state index >= 15 is 0 Å². The Kier molecular flexibility index (Phi) is 8.03. The van der Waals surface area contributed by atoms with Gasteiger partial charge < -0.3 is 21.1 Å². The lowest BCUT2D eigenvalue weighted by molar-refractivity contribution is -0.121. The lowest BCUT2D eigenvalue weighted by Crippen LogP contribution is -2.36. The number of carbonyl (C=O) groups is 1. The third kappa shape index (κ3) is 5.80. The molecule has 1 amide bonds. The number of nitrogens with zero attached hydrogens (tertiary/aromatic N) is 5. The normalized spacial score (nSPS) is 13.9. The van der Waals surface area contributed by atoms with E-state index < -0.39 is 0 Å². The van der Waals surface area contributed by atoms with Crippen molar-refractivity contribution in [2.75, 3.05) is 17.7 Å². The average molecular weight is 577 g/mol. The molecule has 40 heavy (non-hydrogen) atoms. The van der Waals surface area contributed by atoms with Crippen molar-refractivity contribution in [3.63, 3.8) is 0 Å². The van der Waals surface area contributed by atoms with E-state index in [9.17, 15) is 9.59 Å². The van der Waals surface area contributed by atoms with E-state index in [4.69, 9.17) is 10.5 Å². The molecule has 0 radical (unpaired) electrons. The average Bonchev–Trinajstić information content (AvgIpc) is 3.60. The molecule has 1 aromatic carbocycles. The molecule has 5 heterocycles. The van der Waals surface area contributed by atoms with Crippen LogP contribution in [0.1, 0.15) is 35.3 Å². The van der Waals surface area contributed by atoms with Gasteiger partial charge in [-0.05, 0) is 24.6 Å². The van der Waals surface area contributed by atoms with Crippen molar-refractivity contribution in [3.8, 4) is 16.5 Å². The summed E-state index contributed by atoms with van der Waals surface area (Å²) in [6, 6.07) is 11.4. The number of nitrogens with two attached hydrogens (primary N) is 1. The number of benzene rings is 1. The molecule has 1 aliphatic rings. The van der Waals surface area contributed by atoms with Gasteiger partial charge in [-0.25, -0.2) is 9.97 Å². The van der Waals surface area contributed by atoms with E-state index in [1.54, 1.807) is 12.3 Å². The van der Waals surface area contributed by atoms with Crippen LogP contribution in [-0.4, -0.2) is 37.2 Å². The number of nitrogens with one attached hydrogen (secondary N) is 2. The van der Waals surface area contributed by atoms with Gasteiger partial charge >= 0.3 is 0 Å². The van der Waals surface area contributed by atoms with Crippen molar-refractivity contribution >= 4 is 50.2 Å². The largest absolute Gasteiger partial charge is 0.473 e. The molecule has 0 fully saturated rings. The smallest absolute Gasteiger partial charge is 0.281 e. The zero-order valence-electron chi connectivity index (χ0n) is 22.2. The van der Waals surface area contributed by atoms with Gasteiger partial charge in [0.1, 0.15) is 35.3 Å². The highest BCUT2D eigenvalue weighted by molar-refractivity contribution is 7.19. The summed E-state index contributed by atoms with van der Waals surface area (Å²) in [4.78, 5) is 35.1. The summed E-state index contributed by atoms with van der Waals surface area (Å²) in [5, 5.41) is 17.1. The molecule has 5 aromatic rings. The second kappa shape index (κ2) is 11.8. The van der Waals surface area contributed by atoms with Crippen LogP contribution in [0, 0.1) is 6.92 Å². The molecule has 13 heteroatoms. The van der Waals surface area contributed by atoms with Crippen molar-refractivity contribution < 1.29 is 9.53 Å². The maximum absolute atomic E-state index is 13.2. The standard InChI is InChI=1S/C25H22N8O3S2.C2H6/c1-13-31-32-24(37-13)15-4-2-14(3-5-15)18-11-36-23-22(30-18)25(35)33(12-29-23)10-21(34)28-9-17-6-16-8-27-20(26)7-19(16)38-17;1-2/h2-8,12,18,30H,9-11H2,1H3,(H2,26,27)(H,28,34);1-2H3/t18-;/m0./s1. The summed E-state index contributed by atoms with van der Waals surface area (Å²) in [6.07, 6.45) is 3.04. The molecular weight excluding hydrogens is 548 g/mol. The SMILES string of the molecule is CC.Cc1nnc(-c2ccc([C@@H]3COc4ncn(CC(=O)NCc5cc6cnc(N)cc6s5)c(=O)c4N3)cc2)s1. The molecule has 4 N–H and O–H groups in total. The number of hydrogen-bond acceptors (Lipinski definition) is 11. The van der Waals surface area contributed by atoms with Crippen molar-refractivity contribution in [3.05, 3.63) is 74.7 Å². The Morgan fingerprint density at radius 3 is 2.73 bits per heavy atom. The summed E-state index contributed by atoms with van der Waals surface area (Å²) in [5.74, 6) is 0.371. The molecule has 206 valence electrons. The first kappa shape index (κ1) is 27.2. The highest BCUT2D eigenvalue weighted by Gasteiger charge is 2.25. The van der Waals surface area contributed by atoms with Gasteiger partial charge in [0.25, 0.3) is 5.56 Å². The zero-order chi connectivity index (χ0) is 28.2. The molecule has 0 bridgehead atoms. The predicted octanol–water partition coefficient (Wildman–Crippen LogP) is 4.15. The van der Waals surface area contributed by atoms with Crippen LogP contribution in [-0.2, 0) is 17.9 Å². The minimum Gasteiger partial charge on any atom is -0.473 e. The van der Waals surface area contributed by atoms with Crippen molar-refractivity contribution in [2.24, 2.45) is 0 Å². The molecule has 0 spiro atoms. The van der Waals surface area contributed by atoms with Gasteiger partial charge in [0.15, 0.2) is 5.69 Å². The Morgan fingerprint density at radius 2 is 1.98 bits per heavy atom. The fourth-order valence-electron chi connectivity index (χ4n) is 4.14. The minimum atomic E-state index is -0.376. The topological polar surface area (TPSA) is 150 Å². The van der Waals surface area contributed by atoms with Crippen LogP contribution >= 0.6 is 22.7 Å². The molecular formula is C27H28N8O3S2. The first-order valence-corrected chi connectivity index (χ1v) is 14.4. The summed E-state index contributed by atoms with van der Waals surface area (Å²) >= 11 is 3.06. The maximum Gasteiger partial charge on any atom is 0.281 e. The van der Waals surface area contributed by atoms with Crippen molar-refractivity contribution in [1.82, 2.24) is 30.0 Å². The number of thiophene rings is 1. The monoisotopic (exact) mass is 576 g/mol. The Labute approximate surface area is 238 Å². The quantitative estimate of drug-likeness (QED) is 0.271. The summed E-state index contributed by atoms with van der Waals surface area (Å²) in [7, 11) is 0. The molecule has 0 saturated carbocycles. The fraction of sp³-hybridized carbons (Fsp3) is 0.259. The lowest BCUT2D eigenvalue weighted by Gasteiger charge is -2.26. The lowest BCUT2D eigenvalue weighted by atomic mass is 10.0. The van der Waals surface area contributed by atoms with Crippen LogP contribution < -0.4 is 26.7 Å². The third-order valence-electron chi connectivity index (χ3n) is 6.04. The van der Waals surface area contributed by atoms with E-state index in [-0.39, 0.29) is 35.6 Å². The number of anilines is 2. The van der Waals surface area contributed by atoms with Crippen LogP contribution in [0.5, 0.6) is 5.88 Å². The van der Waals surface area contributed by atoms with Crippen LogP contribution in [0.25, 0.3) is 20.7 Å². The molecule has 1 atom stereocenters. The van der Waals surface area contributed by atoms with E-state index in [0.29, 0.717) is 19.0 Å². The third-order valence-corrected chi connectivity index (χ3v) is 8.03. The van der Waals surface area contributed by atoms with Gasteiger partial charge in [-0.15, -0.1) is 21.5 Å². The number of fused-ring (bicyclic) bond motifs is 2. The van der Waals surface area contributed by atoms with Crippen LogP contribution in [0.2, 0.25) is 0 Å². The van der Waals surface area contributed by atoms with Gasteiger partial charge in [-0.3, -0.25) is 14.2 Å². The van der Waals surface area contributed by atoms with Gasteiger partial charge in [-0.1, -0.05) is 49.4 Å². The number of nitrogen functional groups attached to an aromatic ring is 1. The van der Waals surface area contributed by atoms with E-state index in [0.717, 1.165) is 36.1 Å². The van der Waals surface area contributed by atoms with E-state index in [1.807, 2.05) is 51.1 Å². The first-order chi connectivity index (χ1) is 19.4. The van der Waals surface area contributed by atoms with Crippen LogP contribution in [0.4, 0.5) is 11.5 Å². The van der Waals surface area contributed by atoms with Crippen LogP contribution in [0.3, 0.4) is 0 Å². The molecule has 6 rings (SSSR count). The number of aryl methyl sites for hydroxylation is 1. The number of hydrogen-bond donors (Lipinski definition) is 3. The molecule has 0 aliphatic carbocycles. The number of rotatable bonds is 6. The fourth-order valence-corrected chi connectivity index (χ4v) is 5.85. The Bertz CT molecular complexity index is 1710. The second-order valence-corrected chi connectivity index (χ2v) is 11.1. The van der Waals surface area contributed by atoms with Gasteiger partial charge in [0.2, 0.25) is 11.8 Å². The summed E-state index contributed by atoms with van der Waals surface area (Å²) in [5.41, 5.74) is 7.53. The minimum absolute atomic E-state index is 0.166. The number of aromatic nitrogens is 5. The number of carbonyl (C=O) groups excluding carboxylic acids is 1. The zero-order valence-corrected chi connectivity index (χ0v) is 23.8. The maximum atomic E-state index is 13.2. The Morgan fingerprint density at radius 1 is 1.18 bits per heavy atom. The summed E-state index contributed by atoms with van der Waals surface area (Å²) in [6.45, 7) is 6.40. The molecule has 4 aromatic heterocycles. The molecule has 0 saturated heterocycles. The predicted molar refractivity (Wildman–Crippen MR) is 158 cm³/mol.